The average molecular weight is 244 g/mol. The van der Waals surface area contributed by atoms with Crippen molar-refractivity contribution in [1.29, 1.82) is 0 Å². The Bertz CT molecular complexity index is 381. The van der Waals surface area contributed by atoms with Crippen LogP contribution in [-0.4, -0.2) is 43.4 Å². The van der Waals surface area contributed by atoms with Crippen LogP contribution in [0.25, 0.3) is 0 Å². The second-order valence-corrected chi connectivity index (χ2v) is 3.91. The first kappa shape index (κ1) is 11.4. The second-order valence-electron chi connectivity index (χ2n) is 3.55. The Hall–Kier alpha value is -1.07. The zero-order valence-corrected chi connectivity index (χ0v) is 10.1. The van der Waals surface area contributed by atoms with Gasteiger partial charge < -0.3 is 14.4 Å². The van der Waals surface area contributed by atoms with Gasteiger partial charge in [-0.15, -0.1) is 0 Å². The predicted molar refractivity (Wildman–Crippen MR) is 61.4 cm³/mol. The van der Waals surface area contributed by atoms with Crippen molar-refractivity contribution in [3.8, 4) is 6.01 Å². The van der Waals surface area contributed by atoms with Crippen molar-refractivity contribution in [2.45, 2.75) is 6.92 Å². The van der Waals surface area contributed by atoms with Crippen LogP contribution in [-0.2, 0) is 4.74 Å². The van der Waals surface area contributed by atoms with Crippen LogP contribution in [0.2, 0.25) is 5.15 Å². The smallest absolute Gasteiger partial charge is 0.319 e. The summed E-state index contributed by atoms with van der Waals surface area (Å²) in [6.07, 6.45) is 0. The molecule has 6 heteroatoms. The molecule has 0 atom stereocenters. The number of aromatic nitrogens is 2. The third-order valence-corrected chi connectivity index (χ3v) is 2.90. The summed E-state index contributed by atoms with van der Waals surface area (Å²) in [5.74, 6) is 0.833. The number of rotatable bonds is 2. The van der Waals surface area contributed by atoms with Gasteiger partial charge in [-0.2, -0.15) is 9.97 Å². The molecule has 0 radical (unpaired) electrons. The summed E-state index contributed by atoms with van der Waals surface area (Å²) in [6, 6.07) is 0.303. The Morgan fingerprint density at radius 2 is 2.00 bits per heavy atom. The molecular weight excluding hydrogens is 230 g/mol. The average Bonchev–Trinajstić information content (AvgIpc) is 2.33. The molecule has 1 aliphatic heterocycles. The zero-order chi connectivity index (χ0) is 11.5. The van der Waals surface area contributed by atoms with Crippen LogP contribution < -0.4 is 9.64 Å². The normalized spacial score (nSPS) is 16.3. The van der Waals surface area contributed by atoms with Crippen molar-refractivity contribution < 1.29 is 9.47 Å². The number of morpholine rings is 1. The van der Waals surface area contributed by atoms with E-state index in [-0.39, 0.29) is 0 Å². The van der Waals surface area contributed by atoms with Crippen molar-refractivity contribution in [2.75, 3.05) is 38.3 Å². The first-order valence-corrected chi connectivity index (χ1v) is 5.51. The minimum atomic E-state index is 0.303. The Labute approximate surface area is 99.3 Å². The Morgan fingerprint density at radius 1 is 1.31 bits per heavy atom. The van der Waals surface area contributed by atoms with Crippen molar-refractivity contribution >= 4 is 17.4 Å². The molecule has 1 aromatic heterocycles. The van der Waals surface area contributed by atoms with Crippen LogP contribution in [0.15, 0.2) is 0 Å². The number of hydrogen-bond acceptors (Lipinski definition) is 5. The molecule has 1 saturated heterocycles. The fraction of sp³-hybridized carbons (Fsp3) is 0.600. The van der Waals surface area contributed by atoms with Crippen molar-refractivity contribution in [3.63, 3.8) is 0 Å². The molecule has 2 heterocycles. The highest BCUT2D eigenvalue weighted by Gasteiger charge is 2.18. The summed E-state index contributed by atoms with van der Waals surface area (Å²) in [4.78, 5) is 10.5. The monoisotopic (exact) mass is 243 g/mol. The van der Waals surface area contributed by atoms with Gasteiger partial charge in [-0.1, -0.05) is 11.6 Å². The molecule has 0 amide bonds. The zero-order valence-electron chi connectivity index (χ0n) is 9.36. The van der Waals surface area contributed by atoms with Gasteiger partial charge in [0.25, 0.3) is 0 Å². The van der Waals surface area contributed by atoms with E-state index in [0.717, 1.165) is 24.5 Å². The third-order valence-electron chi connectivity index (χ3n) is 2.53. The minimum absolute atomic E-state index is 0.303. The van der Waals surface area contributed by atoms with Gasteiger partial charge in [0.2, 0.25) is 0 Å². The fourth-order valence-electron chi connectivity index (χ4n) is 1.63. The van der Waals surface area contributed by atoms with Crippen LogP contribution in [0.1, 0.15) is 5.56 Å². The van der Waals surface area contributed by atoms with Crippen molar-refractivity contribution in [3.05, 3.63) is 10.7 Å². The van der Waals surface area contributed by atoms with Gasteiger partial charge in [-0.25, -0.2) is 0 Å². The molecule has 1 fully saturated rings. The fourth-order valence-corrected chi connectivity index (χ4v) is 1.79. The minimum Gasteiger partial charge on any atom is -0.467 e. The lowest BCUT2D eigenvalue weighted by atomic mass is 10.3. The highest BCUT2D eigenvalue weighted by Crippen LogP contribution is 2.26. The molecule has 16 heavy (non-hydrogen) atoms. The first-order valence-electron chi connectivity index (χ1n) is 5.13. The summed E-state index contributed by atoms with van der Waals surface area (Å²) < 4.78 is 10.3. The molecule has 1 aromatic rings. The molecule has 5 nitrogen and oxygen atoms in total. The maximum absolute atomic E-state index is 6.03. The van der Waals surface area contributed by atoms with Crippen LogP contribution >= 0.6 is 11.6 Å². The van der Waals surface area contributed by atoms with E-state index in [1.165, 1.54) is 7.11 Å². The first-order chi connectivity index (χ1) is 7.72. The van der Waals surface area contributed by atoms with Gasteiger partial charge >= 0.3 is 6.01 Å². The quantitative estimate of drug-likeness (QED) is 0.733. The Morgan fingerprint density at radius 3 is 2.62 bits per heavy atom. The maximum atomic E-state index is 6.03. The largest absolute Gasteiger partial charge is 0.467 e. The van der Waals surface area contributed by atoms with Crippen LogP contribution in [0.4, 0.5) is 5.82 Å². The summed E-state index contributed by atoms with van der Waals surface area (Å²) in [6.45, 7) is 4.97. The summed E-state index contributed by atoms with van der Waals surface area (Å²) in [7, 11) is 1.53. The number of anilines is 1. The summed E-state index contributed by atoms with van der Waals surface area (Å²) >= 11 is 6.03. The molecule has 0 aromatic carbocycles. The van der Waals surface area contributed by atoms with E-state index in [1.807, 2.05) is 6.92 Å². The molecule has 0 spiro atoms. The number of halogens is 1. The van der Waals surface area contributed by atoms with Gasteiger partial charge in [-0.3, -0.25) is 0 Å². The highest BCUT2D eigenvalue weighted by atomic mass is 35.5. The van der Waals surface area contributed by atoms with Gasteiger partial charge in [-0.05, 0) is 6.92 Å². The third kappa shape index (κ3) is 2.20. The molecule has 88 valence electrons. The molecule has 2 rings (SSSR count). The number of hydrogen-bond donors (Lipinski definition) is 0. The van der Waals surface area contributed by atoms with E-state index >= 15 is 0 Å². The van der Waals surface area contributed by atoms with E-state index in [0.29, 0.717) is 24.4 Å². The lowest BCUT2D eigenvalue weighted by Gasteiger charge is -2.29. The van der Waals surface area contributed by atoms with Crippen LogP contribution in [0.5, 0.6) is 6.01 Å². The van der Waals surface area contributed by atoms with Crippen molar-refractivity contribution in [2.24, 2.45) is 0 Å². The maximum Gasteiger partial charge on any atom is 0.319 e. The lowest BCUT2D eigenvalue weighted by molar-refractivity contribution is 0.122. The highest BCUT2D eigenvalue weighted by molar-refractivity contribution is 6.30. The van der Waals surface area contributed by atoms with Crippen LogP contribution in [0, 0.1) is 6.92 Å². The topological polar surface area (TPSA) is 47.5 Å². The molecular formula is C10H14ClN3O2. The molecule has 0 saturated carbocycles. The standard InChI is InChI=1S/C10H14ClN3O2/c1-7-8(11)12-10(15-2)13-9(7)14-3-5-16-6-4-14/h3-6H2,1-2H3. The van der Waals surface area contributed by atoms with Crippen LogP contribution in [0.3, 0.4) is 0 Å². The van der Waals surface area contributed by atoms with Crippen molar-refractivity contribution in [1.82, 2.24) is 9.97 Å². The van der Waals surface area contributed by atoms with E-state index < -0.39 is 0 Å². The lowest BCUT2D eigenvalue weighted by Crippen LogP contribution is -2.37. The van der Waals surface area contributed by atoms with Gasteiger partial charge in [0.15, 0.2) is 0 Å². The van der Waals surface area contributed by atoms with E-state index in [2.05, 4.69) is 14.9 Å². The number of methoxy groups -OCH3 is 1. The number of ether oxygens (including phenoxy) is 2. The summed E-state index contributed by atoms with van der Waals surface area (Å²) in [5, 5.41) is 0.438. The van der Waals surface area contributed by atoms with E-state index in [9.17, 15) is 0 Å². The molecule has 0 unspecified atom stereocenters. The van der Waals surface area contributed by atoms with Gasteiger partial charge in [0.1, 0.15) is 11.0 Å². The molecule has 0 bridgehead atoms. The Balaban J connectivity index is 2.33. The Kier molecular flexibility index (Phi) is 3.46. The predicted octanol–water partition coefficient (Wildman–Crippen LogP) is 1.28. The van der Waals surface area contributed by atoms with E-state index in [4.69, 9.17) is 21.1 Å². The van der Waals surface area contributed by atoms with Gasteiger partial charge in [0, 0.05) is 18.7 Å². The number of nitrogens with zero attached hydrogens (tertiary/aromatic N) is 3. The second kappa shape index (κ2) is 4.84. The molecule has 1 aliphatic rings. The summed E-state index contributed by atoms with van der Waals surface area (Å²) in [5.41, 5.74) is 0.879. The SMILES string of the molecule is COc1nc(Cl)c(C)c(N2CCOCC2)n1. The molecule has 0 N–H and O–H groups in total. The van der Waals surface area contributed by atoms with Gasteiger partial charge in [0.05, 0.1) is 20.3 Å². The van der Waals surface area contributed by atoms with E-state index in [1.54, 1.807) is 0 Å². The molecule has 0 aliphatic carbocycles.